The maximum atomic E-state index is 13.0. The minimum absolute atomic E-state index is 0.00764. The number of benzene rings is 1. The molecule has 0 saturated carbocycles. The van der Waals surface area contributed by atoms with Crippen LogP contribution in [-0.4, -0.2) is 38.3 Å². The lowest BCUT2D eigenvalue weighted by Gasteiger charge is -2.36. The van der Waals surface area contributed by atoms with Crippen LogP contribution in [0, 0.1) is 0 Å². The summed E-state index contributed by atoms with van der Waals surface area (Å²) in [7, 11) is 0. The Morgan fingerprint density at radius 3 is 2.26 bits per heavy atom. The number of halogens is 1. The van der Waals surface area contributed by atoms with Gasteiger partial charge in [-0.2, -0.15) is 5.06 Å². The van der Waals surface area contributed by atoms with Crippen molar-refractivity contribution in [3.05, 3.63) is 52.6 Å². The fourth-order valence-electron chi connectivity index (χ4n) is 3.32. The van der Waals surface area contributed by atoms with Gasteiger partial charge in [0, 0.05) is 5.02 Å². The summed E-state index contributed by atoms with van der Waals surface area (Å²) in [5, 5.41) is 14.7. The highest BCUT2D eigenvalue weighted by atomic mass is 35.5. The van der Waals surface area contributed by atoms with Gasteiger partial charge in [-0.15, -0.1) is 0 Å². The van der Waals surface area contributed by atoms with Crippen LogP contribution in [0.1, 0.15) is 27.7 Å². The van der Waals surface area contributed by atoms with Crippen molar-refractivity contribution in [1.29, 1.82) is 0 Å². The molecule has 142 valence electrons. The summed E-state index contributed by atoms with van der Waals surface area (Å²) in [5.74, 6) is -1.10. The Hall–Kier alpha value is -2.06. The average molecular weight is 406 g/mol. The molecule has 27 heavy (non-hydrogen) atoms. The van der Waals surface area contributed by atoms with Crippen molar-refractivity contribution in [2.75, 3.05) is 4.90 Å². The van der Waals surface area contributed by atoms with Gasteiger partial charge >= 0.3 is 0 Å². The van der Waals surface area contributed by atoms with E-state index in [1.165, 1.54) is 16.0 Å². The maximum Gasteiger partial charge on any atom is 0.270 e. The molecule has 1 saturated heterocycles. The number of thiocarbonyl (C=S) groups is 1. The number of hydrogen-bond donors (Lipinski definition) is 2. The molecule has 2 amide bonds. The summed E-state index contributed by atoms with van der Waals surface area (Å²) < 4.78 is 0. The van der Waals surface area contributed by atoms with Crippen LogP contribution in [-0.2, 0) is 9.59 Å². The molecule has 2 heterocycles. The zero-order valence-corrected chi connectivity index (χ0v) is 17.0. The molecular weight excluding hydrogens is 386 g/mol. The lowest BCUT2D eigenvalue weighted by molar-refractivity contribution is -0.184. The highest BCUT2D eigenvalue weighted by Gasteiger charge is 2.45. The van der Waals surface area contributed by atoms with Gasteiger partial charge in [-0.1, -0.05) is 17.7 Å². The lowest BCUT2D eigenvalue weighted by Crippen LogP contribution is -2.54. The third-order valence-corrected chi connectivity index (χ3v) is 5.31. The van der Waals surface area contributed by atoms with E-state index in [1.54, 1.807) is 24.3 Å². The number of rotatable bonds is 2. The normalized spacial score (nSPS) is 23.6. The molecule has 6 nitrogen and oxygen atoms in total. The second-order valence-corrected chi connectivity index (χ2v) is 8.38. The molecule has 2 aliphatic rings. The van der Waals surface area contributed by atoms with Crippen molar-refractivity contribution in [3.8, 4) is 0 Å². The van der Waals surface area contributed by atoms with Gasteiger partial charge in [0.1, 0.15) is 5.57 Å². The van der Waals surface area contributed by atoms with Crippen LogP contribution in [0.3, 0.4) is 0 Å². The monoisotopic (exact) mass is 405 g/mol. The number of hydroxylamine groups is 2. The Bertz CT molecular complexity index is 903. The Balaban J connectivity index is 2.04. The summed E-state index contributed by atoms with van der Waals surface area (Å²) in [5.41, 5.74) is -0.277. The minimum atomic E-state index is -0.764. The van der Waals surface area contributed by atoms with Gasteiger partial charge in [-0.05, 0) is 75.8 Å². The molecule has 0 aliphatic carbocycles. The Kier molecular flexibility index (Phi) is 4.76. The van der Waals surface area contributed by atoms with Crippen molar-refractivity contribution in [3.63, 3.8) is 0 Å². The van der Waals surface area contributed by atoms with E-state index in [0.29, 0.717) is 16.3 Å². The predicted octanol–water partition coefficient (Wildman–Crippen LogP) is 3.20. The summed E-state index contributed by atoms with van der Waals surface area (Å²) in [6.45, 7) is 7.32. The summed E-state index contributed by atoms with van der Waals surface area (Å²) in [6, 6.07) is 6.58. The molecule has 2 aliphatic heterocycles. The molecule has 8 heteroatoms. The van der Waals surface area contributed by atoms with Crippen molar-refractivity contribution in [2.45, 2.75) is 38.8 Å². The van der Waals surface area contributed by atoms with Crippen LogP contribution in [0.15, 0.2) is 47.6 Å². The standard InChI is InChI=1S/C19H20ClN3O3S/c1-18(2)10-11(19(3,4)23(18)26)9-14-15(24)21-17(27)22(16(14)25)13-7-5-12(20)6-8-13/h5-10,26H,1-4H3,(H,21,24,27). The van der Waals surface area contributed by atoms with Crippen LogP contribution >= 0.6 is 23.8 Å². The highest BCUT2D eigenvalue weighted by molar-refractivity contribution is 7.80. The summed E-state index contributed by atoms with van der Waals surface area (Å²) in [4.78, 5) is 26.7. The first-order valence-corrected chi connectivity index (χ1v) is 9.13. The molecule has 2 N–H and O–H groups in total. The Morgan fingerprint density at radius 2 is 1.74 bits per heavy atom. The smallest absolute Gasteiger partial charge is 0.270 e. The summed E-state index contributed by atoms with van der Waals surface area (Å²) in [6.07, 6.45) is 3.35. The SMILES string of the molecule is CC1(C)C=C(C=C2C(=O)NC(=S)N(c3ccc(Cl)cc3)C2=O)C(C)(C)N1O. The zero-order chi connectivity index (χ0) is 20.1. The van der Waals surface area contributed by atoms with Crippen LogP contribution < -0.4 is 10.2 Å². The van der Waals surface area contributed by atoms with Crippen LogP contribution in [0.5, 0.6) is 0 Å². The first-order chi connectivity index (χ1) is 12.4. The van der Waals surface area contributed by atoms with Crippen molar-refractivity contribution in [2.24, 2.45) is 0 Å². The molecule has 1 aromatic carbocycles. The molecule has 0 unspecified atom stereocenters. The van der Waals surface area contributed by atoms with Gasteiger partial charge in [-0.3, -0.25) is 19.8 Å². The molecule has 0 aromatic heterocycles. The van der Waals surface area contributed by atoms with Gasteiger partial charge in [0.15, 0.2) is 5.11 Å². The van der Waals surface area contributed by atoms with E-state index in [0.717, 1.165) is 0 Å². The largest absolute Gasteiger partial charge is 0.312 e. The van der Waals surface area contributed by atoms with E-state index >= 15 is 0 Å². The Morgan fingerprint density at radius 1 is 1.15 bits per heavy atom. The third kappa shape index (κ3) is 3.32. The number of hydrogen-bond acceptors (Lipinski definition) is 5. The number of nitrogens with one attached hydrogen (secondary N) is 1. The van der Waals surface area contributed by atoms with E-state index < -0.39 is 22.9 Å². The Labute approximate surface area is 168 Å². The predicted molar refractivity (Wildman–Crippen MR) is 108 cm³/mol. The van der Waals surface area contributed by atoms with Crippen LogP contribution in [0.4, 0.5) is 5.69 Å². The topological polar surface area (TPSA) is 72.9 Å². The molecule has 0 bridgehead atoms. The van der Waals surface area contributed by atoms with E-state index in [1.807, 2.05) is 33.8 Å². The molecule has 1 fully saturated rings. The first kappa shape index (κ1) is 19.7. The lowest BCUT2D eigenvalue weighted by atomic mass is 9.93. The zero-order valence-electron chi connectivity index (χ0n) is 15.4. The molecule has 0 radical (unpaired) electrons. The molecular formula is C19H20ClN3O3S. The molecule has 3 rings (SSSR count). The van der Waals surface area contributed by atoms with E-state index in [2.05, 4.69) is 5.32 Å². The second-order valence-electron chi connectivity index (χ2n) is 7.56. The number of carbonyl (C=O) groups is 2. The quantitative estimate of drug-likeness (QED) is 0.449. The van der Waals surface area contributed by atoms with Gasteiger partial charge in [-0.25, -0.2) is 0 Å². The van der Waals surface area contributed by atoms with Gasteiger partial charge in [0.2, 0.25) is 0 Å². The molecule has 0 atom stereocenters. The van der Waals surface area contributed by atoms with Crippen molar-refractivity contribution >= 4 is 46.4 Å². The van der Waals surface area contributed by atoms with E-state index in [9.17, 15) is 14.8 Å². The van der Waals surface area contributed by atoms with Crippen LogP contribution in [0.2, 0.25) is 5.02 Å². The number of nitrogens with zero attached hydrogens (tertiary/aromatic N) is 2. The van der Waals surface area contributed by atoms with Gasteiger partial charge in [0.05, 0.1) is 16.8 Å². The van der Waals surface area contributed by atoms with E-state index in [4.69, 9.17) is 23.8 Å². The maximum absolute atomic E-state index is 13.0. The molecule has 0 spiro atoms. The summed E-state index contributed by atoms with van der Waals surface area (Å²) >= 11 is 11.1. The number of amides is 2. The van der Waals surface area contributed by atoms with E-state index in [-0.39, 0.29) is 10.7 Å². The second kappa shape index (κ2) is 6.53. The minimum Gasteiger partial charge on any atom is -0.312 e. The average Bonchev–Trinajstić information content (AvgIpc) is 2.72. The van der Waals surface area contributed by atoms with Gasteiger partial charge in [0.25, 0.3) is 11.8 Å². The first-order valence-electron chi connectivity index (χ1n) is 8.35. The number of anilines is 1. The van der Waals surface area contributed by atoms with Crippen molar-refractivity contribution in [1.82, 2.24) is 10.4 Å². The van der Waals surface area contributed by atoms with Gasteiger partial charge < -0.3 is 5.21 Å². The third-order valence-electron chi connectivity index (χ3n) is 4.78. The van der Waals surface area contributed by atoms with Crippen molar-refractivity contribution < 1.29 is 14.8 Å². The fourth-order valence-corrected chi connectivity index (χ4v) is 3.72. The fraction of sp³-hybridized carbons (Fsp3) is 0.316. The van der Waals surface area contributed by atoms with Crippen LogP contribution in [0.25, 0.3) is 0 Å². The highest BCUT2D eigenvalue weighted by Crippen LogP contribution is 2.39. The number of carbonyl (C=O) groups excluding carboxylic acids is 2. The molecule has 1 aromatic rings.